The largest absolute Gasteiger partial charge is 0.319 e. The zero-order valence-corrected chi connectivity index (χ0v) is 14.3. The van der Waals surface area contributed by atoms with Crippen molar-refractivity contribution in [1.82, 2.24) is 10.2 Å². The van der Waals surface area contributed by atoms with E-state index in [2.05, 4.69) is 55.4 Å². The zero-order valence-electron chi connectivity index (χ0n) is 14.3. The molecule has 0 heterocycles. The van der Waals surface area contributed by atoms with E-state index in [0.29, 0.717) is 5.41 Å². The Kier molecular flexibility index (Phi) is 5.83. The summed E-state index contributed by atoms with van der Waals surface area (Å²) in [5.41, 5.74) is 3.55. The van der Waals surface area contributed by atoms with Crippen LogP contribution in [0.1, 0.15) is 50.7 Å². The highest BCUT2D eigenvalue weighted by atomic mass is 15.1. The van der Waals surface area contributed by atoms with Crippen LogP contribution in [-0.4, -0.2) is 31.6 Å². The van der Waals surface area contributed by atoms with E-state index in [4.69, 9.17) is 0 Å². The second kappa shape index (κ2) is 7.42. The SMILES string of the molecule is CNCCc1ccccc1CN(C)C1CCC(C)(C)CC1. The summed E-state index contributed by atoms with van der Waals surface area (Å²) in [6.07, 6.45) is 6.55. The average Bonchev–Trinajstić information content (AvgIpc) is 2.46. The van der Waals surface area contributed by atoms with Crippen molar-refractivity contribution in [3.63, 3.8) is 0 Å². The first-order chi connectivity index (χ1) is 10.0. The van der Waals surface area contributed by atoms with Crippen LogP contribution < -0.4 is 5.32 Å². The molecule has 118 valence electrons. The molecular weight excluding hydrogens is 256 g/mol. The maximum Gasteiger partial charge on any atom is 0.0236 e. The summed E-state index contributed by atoms with van der Waals surface area (Å²) in [6, 6.07) is 9.68. The molecule has 0 aliphatic heterocycles. The van der Waals surface area contributed by atoms with Gasteiger partial charge in [0.15, 0.2) is 0 Å². The van der Waals surface area contributed by atoms with Crippen LogP contribution in [0.5, 0.6) is 0 Å². The number of nitrogens with zero attached hydrogens (tertiary/aromatic N) is 1. The van der Waals surface area contributed by atoms with Gasteiger partial charge in [-0.3, -0.25) is 4.90 Å². The lowest BCUT2D eigenvalue weighted by Gasteiger charge is -2.38. The maximum absolute atomic E-state index is 3.26. The summed E-state index contributed by atoms with van der Waals surface area (Å²) in [5.74, 6) is 0. The predicted molar refractivity (Wildman–Crippen MR) is 91.6 cm³/mol. The minimum absolute atomic E-state index is 0.558. The van der Waals surface area contributed by atoms with Crippen molar-refractivity contribution in [3.05, 3.63) is 35.4 Å². The van der Waals surface area contributed by atoms with E-state index in [1.165, 1.54) is 36.8 Å². The smallest absolute Gasteiger partial charge is 0.0236 e. The molecule has 21 heavy (non-hydrogen) atoms. The first-order valence-electron chi connectivity index (χ1n) is 8.43. The molecule has 1 saturated carbocycles. The lowest BCUT2D eigenvalue weighted by molar-refractivity contribution is 0.123. The van der Waals surface area contributed by atoms with Gasteiger partial charge >= 0.3 is 0 Å². The quantitative estimate of drug-likeness (QED) is 0.855. The van der Waals surface area contributed by atoms with Crippen molar-refractivity contribution >= 4 is 0 Å². The fourth-order valence-corrected chi connectivity index (χ4v) is 3.44. The van der Waals surface area contributed by atoms with Crippen molar-refractivity contribution in [2.75, 3.05) is 20.6 Å². The number of nitrogens with one attached hydrogen (secondary N) is 1. The molecule has 1 aromatic carbocycles. The predicted octanol–water partition coefficient (Wildman–Crippen LogP) is 3.85. The summed E-state index contributed by atoms with van der Waals surface area (Å²) < 4.78 is 0. The second-order valence-corrected chi connectivity index (χ2v) is 7.43. The number of likely N-dealkylation sites (N-methyl/N-ethyl adjacent to an activating group) is 1. The van der Waals surface area contributed by atoms with Gasteiger partial charge in [-0.25, -0.2) is 0 Å². The van der Waals surface area contributed by atoms with Gasteiger partial charge in [0, 0.05) is 12.6 Å². The summed E-state index contributed by atoms with van der Waals surface area (Å²) in [7, 11) is 4.33. The van der Waals surface area contributed by atoms with Crippen LogP contribution in [-0.2, 0) is 13.0 Å². The van der Waals surface area contributed by atoms with E-state index in [-0.39, 0.29) is 0 Å². The Bertz CT molecular complexity index is 429. The first-order valence-corrected chi connectivity index (χ1v) is 8.43. The molecule has 0 bridgehead atoms. The molecular formula is C19H32N2. The molecule has 0 atom stereocenters. The van der Waals surface area contributed by atoms with Gasteiger partial charge in [-0.1, -0.05) is 38.1 Å². The van der Waals surface area contributed by atoms with Crippen LogP contribution in [0.2, 0.25) is 0 Å². The number of hydrogen-bond donors (Lipinski definition) is 1. The third-order valence-corrected chi connectivity index (χ3v) is 5.11. The Morgan fingerprint density at radius 2 is 1.76 bits per heavy atom. The lowest BCUT2D eigenvalue weighted by atomic mass is 9.75. The molecule has 1 aliphatic rings. The highest BCUT2D eigenvalue weighted by Gasteiger charge is 2.28. The van der Waals surface area contributed by atoms with E-state index in [0.717, 1.165) is 25.6 Å². The Labute approximate surface area is 130 Å². The molecule has 0 spiro atoms. The van der Waals surface area contributed by atoms with Crippen molar-refractivity contribution < 1.29 is 0 Å². The molecule has 1 aliphatic carbocycles. The van der Waals surface area contributed by atoms with Crippen molar-refractivity contribution in [3.8, 4) is 0 Å². The van der Waals surface area contributed by atoms with E-state index < -0.39 is 0 Å². The van der Waals surface area contributed by atoms with E-state index in [1.807, 2.05) is 7.05 Å². The summed E-state index contributed by atoms with van der Waals surface area (Å²) in [5, 5.41) is 3.26. The highest BCUT2D eigenvalue weighted by molar-refractivity contribution is 5.27. The molecule has 1 fully saturated rings. The molecule has 1 N–H and O–H groups in total. The van der Waals surface area contributed by atoms with E-state index in [9.17, 15) is 0 Å². The van der Waals surface area contributed by atoms with Gasteiger partial charge in [-0.2, -0.15) is 0 Å². The fraction of sp³-hybridized carbons (Fsp3) is 0.684. The average molecular weight is 288 g/mol. The van der Waals surface area contributed by atoms with Crippen molar-refractivity contribution in [2.24, 2.45) is 5.41 Å². The van der Waals surface area contributed by atoms with Crippen LogP contribution in [0.15, 0.2) is 24.3 Å². The number of rotatable bonds is 6. The topological polar surface area (TPSA) is 15.3 Å². The molecule has 0 aromatic heterocycles. The van der Waals surface area contributed by atoms with Crippen molar-refractivity contribution in [2.45, 2.75) is 58.5 Å². The molecule has 0 saturated heterocycles. The van der Waals surface area contributed by atoms with Gasteiger partial charge in [-0.15, -0.1) is 0 Å². The Hall–Kier alpha value is -0.860. The fourth-order valence-electron chi connectivity index (χ4n) is 3.44. The third-order valence-electron chi connectivity index (χ3n) is 5.11. The van der Waals surface area contributed by atoms with Crippen LogP contribution in [0.4, 0.5) is 0 Å². The van der Waals surface area contributed by atoms with Gasteiger partial charge in [0.05, 0.1) is 0 Å². The second-order valence-electron chi connectivity index (χ2n) is 7.43. The molecule has 0 amide bonds. The minimum atomic E-state index is 0.558. The van der Waals surface area contributed by atoms with Crippen molar-refractivity contribution in [1.29, 1.82) is 0 Å². The first kappa shape index (κ1) is 16.5. The Balaban J connectivity index is 1.95. The zero-order chi connectivity index (χ0) is 15.3. The Morgan fingerprint density at radius 3 is 2.38 bits per heavy atom. The van der Waals surface area contributed by atoms with Gasteiger partial charge in [0.2, 0.25) is 0 Å². The van der Waals surface area contributed by atoms with E-state index >= 15 is 0 Å². The Morgan fingerprint density at radius 1 is 1.14 bits per heavy atom. The monoisotopic (exact) mass is 288 g/mol. The molecule has 1 aromatic rings. The minimum Gasteiger partial charge on any atom is -0.319 e. The molecule has 0 unspecified atom stereocenters. The molecule has 2 rings (SSSR count). The molecule has 0 radical (unpaired) electrons. The maximum atomic E-state index is 3.26. The molecule has 2 nitrogen and oxygen atoms in total. The summed E-state index contributed by atoms with van der Waals surface area (Å²) >= 11 is 0. The van der Waals surface area contributed by atoms with Gasteiger partial charge in [0.1, 0.15) is 0 Å². The number of benzene rings is 1. The molecule has 2 heteroatoms. The lowest BCUT2D eigenvalue weighted by Crippen LogP contribution is -2.37. The van der Waals surface area contributed by atoms with E-state index in [1.54, 1.807) is 0 Å². The highest BCUT2D eigenvalue weighted by Crippen LogP contribution is 2.36. The van der Waals surface area contributed by atoms with Crippen LogP contribution >= 0.6 is 0 Å². The van der Waals surface area contributed by atoms with Crippen LogP contribution in [0.3, 0.4) is 0 Å². The standard InChI is InChI=1S/C19H32N2/c1-19(2)12-9-18(10-13-19)21(4)15-17-8-6-5-7-16(17)11-14-20-3/h5-8,18,20H,9-15H2,1-4H3. The normalized spacial score (nSPS) is 19.1. The van der Waals surface area contributed by atoms with Crippen LogP contribution in [0, 0.1) is 5.41 Å². The summed E-state index contributed by atoms with van der Waals surface area (Å²) in [4.78, 5) is 2.58. The summed E-state index contributed by atoms with van der Waals surface area (Å²) in [6.45, 7) is 6.97. The van der Waals surface area contributed by atoms with Gasteiger partial charge < -0.3 is 5.32 Å². The van der Waals surface area contributed by atoms with Crippen LogP contribution in [0.25, 0.3) is 0 Å². The van der Waals surface area contributed by atoms with Gasteiger partial charge in [0.25, 0.3) is 0 Å². The number of hydrogen-bond acceptors (Lipinski definition) is 2. The van der Waals surface area contributed by atoms with Gasteiger partial charge in [-0.05, 0) is 69.3 Å². The third kappa shape index (κ3) is 4.82.